The van der Waals surface area contributed by atoms with E-state index in [1.165, 1.54) is 18.2 Å². The quantitative estimate of drug-likeness (QED) is 0.781. The number of carbonyl (C=O) groups is 1. The summed E-state index contributed by atoms with van der Waals surface area (Å²) in [6, 6.07) is 12.8. The molecule has 3 heteroatoms. The summed E-state index contributed by atoms with van der Waals surface area (Å²) in [5.74, 6) is 0.0988. The zero-order valence-corrected chi connectivity index (χ0v) is 10.3. The normalized spacial score (nSPS) is 14.2. The number of benzene rings is 2. The fourth-order valence-corrected chi connectivity index (χ4v) is 1.89. The van der Waals surface area contributed by atoms with Gasteiger partial charge in [0.05, 0.1) is 6.10 Å². The van der Waals surface area contributed by atoms with Crippen LogP contribution >= 0.6 is 0 Å². The van der Waals surface area contributed by atoms with Crippen LogP contribution in [0.25, 0.3) is 0 Å². The molecule has 2 nitrogen and oxygen atoms in total. The number of carbonyl (C=O) groups excluding carboxylic acids is 1. The summed E-state index contributed by atoms with van der Waals surface area (Å²) in [4.78, 5) is 12.2. The summed E-state index contributed by atoms with van der Waals surface area (Å²) in [6.45, 7) is 0. The average Bonchev–Trinajstić information content (AvgIpc) is 3.22. The number of hydrogen-bond acceptors (Lipinski definition) is 2. The van der Waals surface area contributed by atoms with Gasteiger partial charge in [-0.1, -0.05) is 24.3 Å². The van der Waals surface area contributed by atoms with Gasteiger partial charge in [0.1, 0.15) is 11.6 Å². The molecule has 2 aromatic rings. The molecule has 0 spiro atoms. The maximum Gasteiger partial charge on any atom is 0.193 e. The number of ether oxygens (including phenoxy) is 1. The molecule has 0 saturated heterocycles. The average molecular weight is 256 g/mol. The van der Waals surface area contributed by atoms with Crippen molar-refractivity contribution in [1.29, 1.82) is 0 Å². The summed E-state index contributed by atoms with van der Waals surface area (Å²) in [6.07, 6.45) is 2.43. The Balaban J connectivity index is 1.86. The lowest BCUT2D eigenvalue weighted by atomic mass is 10.0. The lowest BCUT2D eigenvalue weighted by Gasteiger charge is -2.06. The van der Waals surface area contributed by atoms with Crippen LogP contribution in [0.4, 0.5) is 4.39 Å². The Morgan fingerprint density at radius 1 is 1.05 bits per heavy atom. The number of ketones is 1. The predicted octanol–water partition coefficient (Wildman–Crippen LogP) is 3.60. The van der Waals surface area contributed by atoms with E-state index in [1.54, 1.807) is 24.3 Å². The first-order valence-electron chi connectivity index (χ1n) is 6.29. The van der Waals surface area contributed by atoms with Gasteiger partial charge in [0.15, 0.2) is 5.78 Å². The monoisotopic (exact) mass is 256 g/mol. The largest absolute Gasteiger partial charge is 0.490 e. The molecule has 1 aliphatic carbocycles. The van der Waals surface area contributed by atoms with Crippen molar-refractivity contribution in [2.45, 2.75) is 18.9 Å². The molecule has 1 aliphatic rings. The Labute approximate surface area is 110 Å². The molecule has 2 aromatic carbocycles. The third-order valence-electron chi connectivity index (χ3n) is 3.01. The Morgan fingerprint density at radius 2 is 1.74 bits per heavy atom. The summed E-state index contributed by atoms with van der Waals surface area (Å²) in [5.41, 5.74) is 0.868. The second-order valence-corrected chi connectivity index (χ2v) is 4.68. The standard InChI is InChI=1S/C16H13FO2/c17-13-5-1-3-11(9-13)16(18)12-4-2-6-15(10-12)19-14-7-8-14/h1-6,9-10,14H,7-8H2. The minimum atomic E-state index is -0.406. The van der Waals surface area contributed by atoms with E-state index in [0.717, 1.165) is 12.8 Å². The van der Waals surface area contributed by atoms with E-state index in [2.05, 4.69) is 0 Å². The van der Waals surface area contributed by atoms with Crippen LogP contribution in [0.3, 0.4) is 0 Å². The third kappa shape index (κ3) is 2.81. The highest BCUT2D eigenvalue weighted by Crippen LogP contribution is 2.27. The van der Waals surface area contributed by atoms with Crippen LogP contribution in [0, 0.1) is 5.82 Å². The zero-order valence-electron chi connectivity index (χ0n) is 10.3. The topological polar surface area (TPSA) is 26.3 Å². The van der Waals surface area contributed by atoms with E-state index in [0.29, 0.717) is 23.0 Å². The molecule has 0 aromatic heterocycles. The maximum absolute atomic E-state index is 13.1. The van der Waals surface area contributed by atoms with E-state index in [-0.39, 0.29) is 5.78 Å². The molecule has 1 fully saturated rings. The van der Waals surface area contributed by atoms with Crippen LogP contribution < -0.4 is 4.74 Å². The Morgan fingerprint density at radius 3 is 2.42 bits per heavy atom. The molecular formula is C16H13FO2. The summed E-state index contributed by atoms with van der Waals surface area (Å²) in [5, 5.41) is 0. The lowest BCUT2D eigenvalue weighted by molar-refractivity contribution is 0.103. The van der Waals surface area contributed by atoms with Gasteiger partial charge in [-0.3, -0.25) is 4.79 Å². The van der Waals surface area contributed by atoms with Crippen LogP contribution in [-0.2, 0) is 0 Å². The van der Waals surface area contributed by atoms with Gasteiger partial charge in [0, 0.05) is 11.1 Å². The number of halogens is 1. The molecule has 0 bridgehead atoms. The summed E-state index contributed by atoms with van der Waals surface area (Å²) < 4.78 is 18.8. The molecular weight excluding hydrogens is 243 g/mol. The van der Waals surface area contributed by atoms with E-state index < -0.39 is 5.82 Å². The molecule has 0 heterocycles. The van der Waals surface area contributed by atoms with Crippen LogP contribution in [-0.4, -0.2) is 11.9 Å². The van der Waals surface area contributed by atoms with Crippen LogP contribution in [0.1, 0.15) is 28.8 Å². The Kier molecular flexibility index (Phi) is 3.03. The van der Waals surface area contributed by atoms with E-state index in [9.17, 15) is 9.18 Å². The maximum atomic E-state index is 13.1. The van der Waals surface area contributed by atoms with Gasteiger partial charge in [0.25, 0.3) is 0 Å². The van der Waals surface area contributed by atoms with Crippen molar-refractivity contribution in [3.05, 3.63) is 65.5 Å². The highest BCUT2D eigenvalue weighted by Gasteiger charge is 2.23. The second-order valence-electron chi connectivity index (χ2n) is 4.68. The van der Waals surface area contributed by atoms with Gasteiger partial charge in [-0.05, 0) is 37.1 Å². The van der Waals surface area contributed by atoms with Crippen molar-refractivity contribution >= 4 is 5.78 Å². The first-order valence-corrected chi connectivity index (χ1v) is 6.29. The van der Waals surface area contributed by atoms with Gasteiger partial charge < -0.3 is 4.74 Å². The molecule has 1 saturated carbocycles. The lowest BCUT2D eigenvalue weighted by Crippen LogP contribution is -2.03. The van der Waals surface area contributed by atoms with Crippen molar-refractivity contribution < 1.29 is 13.9 Å². The molecule has 0 aliphatic heterocycles. The van der Waals surface area contributed by atoms with Crippen molar-refractivity contribution in [3.8, 4) is 5.75 Å². The molecule has 0 unspecified atom stereocenters. The van der Waals surface area contributed by atoms with Gasteiger partial charge in [-0.15, -0.1) is 0 Å². The van der Waals surface area contributed by atoms with Crippen molar-refractivity contribution in [2.24, 2.45) is 0 Å². The molecule has 0 radical (unpaired) electrons. The van der Waals surface area contributed by atoms with E-state index in [1.807, 2.05) is 6.07 Å². The van der Waals surface area contributed by atoms with Crippen LogP contribution in [0.5, 0.6) is 5.75 Å². The third-order valence-corrected chi connectivity index (χ3v) is 3.01. The minimum absolute atomic E-state index is 0.194. The fraction of sp³-hybridized carbons (Fsp3) is 0.188. The second kappa shape index (κ2) is 4.84. The number of hydrogen-bond donors (Lipinski definition) is 0. The van der Waals surface area contributed by atoms with Crippen LogP contribution in [0.2, 0.25) is 0 Å². The summed E-state index contributed by atoms with van der Waals surface area (Å²) in [7, 11) is 0. The molecule has 96 valence electrons. The van der Waals surface area contributed by atoms with Gasteiger partial charge in [-0.2, -0.15) is 0 Å². The van der Waals surface area contributed by atoms with Gasteiger partial charge >= 0.3 is 0 Å². The molecule has 0 amide bonds. The SMILES string of the molecule is O=C(c1cccc(F)c1)c1cccc(OC2CC2)c1. The smallest absolute Gasteiger partial charge is 0.193 e. The van der Waals surface area contributed by atoms with E-state index in [4.69, 9.17) is 4.74 Å². The Bertz CT molecular complexity index is 618. The first kappa shape index (κ1) is 11.9. The molecule has 19 heavy (non-hydrogen) atoms. The predicted molar refractivity (Wildman–Crippen MR) is 69.9 cm³/mol. The number of rotatable bonds is 4. The summed E-state index contributed by atoms with van der Waals surface area (Å²) >= 11 is 0. The molecule has 0 atom stereocenters. The minimum Gasteiger partial charge on any atom is -0.490 e. The van der Waals surface area contributed by atoms with Gasteiger partial charge in [-0.25, -0.2) is 4.39 Å². The molecule has 3 rings (SSSR count). The van der Waals surface area contributed by atoms with Crippen molar-refractivity contribution in [1.82, 2.24) is 0 Å². The zero-order chi connectivity index (χ0) is 13.2. The highest BCUT2D eigenvalue weighted by molar-refractivity contribution is 6.09. The van der Waals surface area contributed by atoms with E-state index >= 15 is 0 Å². The fourth-order valence-electron chi connectivity index (χ4n) is 1.89. The van der Waals surface area contributed by atoms with Crippen LogP contribution in [0.15, 0.2) is 48.5 Å². The van der Waals surface area contributed by atoms with Crippen molar-refractivity contribution in [2.75, 3.05) is 0 Å². The van der Waals surface area contributed by atoms with Gasteiger partial charge in [0.2, 0.25) is 0 Å². The molecule has 0 N–H and O–H groups in total. The van der Waals surface area contributed by atoms with Crippen molar-refractivity contribution in [3.63, 3.8) is 0 Å². The highest BCUT2D eigenvalue weighted by atomic mass is 19.1. The Hall–Kier alpha value is -2.16. The first-order chi connectivity index (χ1) is 9.22.